The maximum atomic E-state index is 12.2. The van der Waals surface area contributed by atoms with E-state index in [9.17, 15) is 4.79 Å². The van der Waals surface area contributed by atoms with Gasteiger partial charge in [-0.3, -0.25) is 9.89 Å². The van der Waals surface area contributed by atoms with Crippen LogP contribution >= 0.6 is 0 Å². The van der Waals surface area contributed by atoms with E-state index in [4.69, 9.17) is 0 Å². The lowest BCUT2D eigenvalue weighted by Crippen LogP contribution is -2.34. The molecule has 1 fully saturated rings. The van der Waals surface area contributed by atoms with Crippen molar-refractivity contribution in [3.05, 3.63) is 30.0 Å². The molecule has 1 aromatic heterocycles. The molecule has 0 saturated carbocycles. The van der Waals surface area contributed by atoms with Crippen molar-refractivity contribution in [3.8, 4) is 0 Å². The number of H-pyrrole nitrogens is 1. The molecule has 1 aliphatic rings. The van der Waals surface area contributed by atoms with Gasteiger partial charge in [-0.15, -0.1) is 0 Å². The van der Waals surface area contributed by atoms with E-state index in [1.54, 1.807) is 6.20 Å². The molecule has 1 saturated heterocycles. The zero-order chi connectivity index (χ0) is 14.7. The predicted octanol–water partition coefficient (Wildman–Crippen LogP) is 2.02. The fraction of sp³-hybridized carbons (Fsp3) is 0.500. The first-order valence-corrected chi connectivity index (χ1v) is 7.66. The van der Waals surface area contributed by atoms with Crippen molar-refractivity contribution >= 4 is 16.8 Å². The summed E-state index contributed by atoms with van der Waals surface area (Å²) in [6.07, 6.45) is 4.38. The monoisotopic (exact) mass is 286 g/mol. The third kappa shape index (κ3) is 3.42. The first-order valence-electron chi connectivity index (χ1n) is 7.66. The standard InChI is InChI=1S/C16H22N4O/c1-12(11-20-6-2-3-7-20)9-17-16(21)13-4-5-14-10-18-19-15(14)8-13/h4-5,8,10,12H,2-3,6-7,9,11H2,1H3,(H,17,21)(H,18,19). The van der Waals surface area contributed by atoms with Crippen LogP contribution in [0.4, 0.5) is 0 Å². The number of carbonyl (C=O) groups is 1. The van der Waals surface area contributed by atoms with Crippen molar-refractivity contribution in [3.63, 3.8) is 0 Å². The average Bonchev–Trinajstić information content (AvgIpc) is 3.14. The van der Waals surface area contributed by atoms with Crippen LogP contribution in [0.1, 0.15) is 30.1 Å². The molecule has 112 valence electrons. The molecule has 5 nitrogen and oxygen atoms in total. The van der Waals surface area contributed by atoms with Gasteiger partial charge in [0, 0.05) is 24.0 Å². The van der Waals surface area contributed by atoms with Gasteiger partial charge in [-0.05, 0) is 44.0 Å². The highest BCUT2D eigenvalue weighted by Gasteiger charge is 2.15. The number of aromatic nitrogens is 2. The number of amides is 1. The van der Waals surface area contributed by atoms with Gasteiger partial charge in [0.25, 0.3) is 5.91 Å². The third-order valence-electron chi connectivity index (χ3n) is 4.08. The lowest BCUT2D eigenvalue weighted by Gasteiger charge is -2.20. The Bertz CT molecular complexity index is 616. The van der Waals surface area contributed by atoms with Gasteiger partial charge in [0.15, 0.2) is 0 Å². The van der Waals surface area contributed by atoms with Gasteiger partial charge in [-0.1, -0.05) is 13.0 Å². The van der Waals surface area contributed by atoms with E-state index in [1.807, 2.05) is 18.2 Å². The molecule has 0 aliphatic carbocycles. The second kappa shape index (κ2) is 6.26. The Morgan fingerprint density at radius 3 is 3.05 bits per heavy atom. The highest BCUT2D eigenvalue weighted by Crippen LogP contribution is 2.13. The lowest BCUT2D eigenvalue weighted by molar-refractivity contribution is 0.0945. The lowest BCUT2D eigenvalue weighted by atomic mass is 10.1. The van der Waals surface area contributed by atoms with Crippen molar-refractivity contribution in [2.45, 2.75) is 19.8 Å². The molecule has 1 unspecified atom stereocenters. The minimum atomic E-state index is -0.0141. The number of nitrogens with zero attached hydrogens (tertiary/aromatic N) is 2. The Labute approximate surface area is 124 Å². The number of aromatic amines is 1. The Hall–Kier alpha value is -1.88. The average molecular weight is 286 g/mol. The summed E-state index contributed by atoms with van der Waals surface area (Å²) in [6, 6.07) is 5.61. The van der Waals surface area contributed by atoms with Crippen molar-refractivity contribution in [2.75, 3.05) is 26.2 Å². The van der Waals surface area contributed by atoms with Crippen LogP contribution in [-0.2, 0) is 0 Å². The number of fused-ring (bicyclic) bond motifs is 1. The Morgan fingerprint density at radius 2 is 2.24 bits per heavy atom. The zero-order valence-corrected chi connectivity index (χ0v) is 12.4. The summed E-state index contributed by atoms with van der Waals surface area (Å²) < 4.78 is 0. The SMILES string of the molecule is CC(CNC(=O)c1ccc2cn[nH]c2c1)CN1CCCC1. The summed E-state index contributed by atoms with van der Waals surface area (Å²) in [7, 11) is 0. The topological polar surface area (TPSA) is 61.0 Å². The van der Waals surface area contributed by atoms with Gasteiger partial charge in [-0.25, -0.2) is 0 Å². The molecule has 21 heavy (non-hydrogen) atoms. The van der Waals surface area contributed by atoms with Gasteiger partial charge in [0.2, 0.25) is 0 Å². The largest absolute Gasteiger partial charge is 0.352 e. The predicted molar refractivity (Wildman–Crippen MR) is 83.3 cm³/mol. The van der Waals surface area contributed by atoms with Crippen LogP contribution in [0.15, 0.2) is 24.4 Å². The smallest absolute Gasteiger partial charge is 0.251 e. The molecule has 1 amide bonds. The van der Waals surface area contributed by atoms with Gasteiger partial charge in [0.1, 0.15) is 0 Å². The minimum absolute atomic E-state index is 0.0141. The van der Waals surface area contributed by atoms with Crippen molar-refractivity contribution in [1.82, 2.24) is 20.4 Å². The number of benzene rings is 1. The molecule has 3 rings (SSSR count). The number of rotatable bonds is 5. The highest BCUT2D eigenvalue weighted by atomic mass is 16.1. The van der Waals surface area contributed by atoms with Gasteiger partial charge >= 0.3 is 0 Å². The first kappa shape index (κ1) is 14.1. The number of hydrogen-bond donors (Lipinski definition) is 2. The van der Waals surface area contributed by atoms with Crippen LogP contribution in [0.25, 0.3) is 10.9 Å². The van der Waals surface area contributed by atoms with Crippen molar-refractivity contribution in [1.29, 1.82) is 0 Å². The van der Waals surface area contributed by atoms with Crippen LogP contribution in [0.2, 0.25) is 0 Å². The second-order valence-corrected chi connectivity index (χ2v) is 5.99. The summed E-state index contributed by atoms with van der Waals surface area (Å²) >= 11 is 0. The Morgan fingerprint density at radius 1 is 1.43 bits per heavy atom. The summed E-state index contributed by atoms with van der Waals surface area (Å²) in [5.41, 5.74) is 1.58. The number of nitrogens with one attached hydrogen (secondary N) is 2. The quantitative estimate of drug-likeness (QED) is 0.884. The van der Waals surface area contributed by atoms with Gasteiger partial charge < -0.3 is 10.2 Å². The van der Waals surface area contributed by atoms with E-state index >= 15 is 0 Å². The molecular weight excluding hydrogens is 264 g/mol. The summed E-state index contributed by atoms with van der Waals surface area (Å²) in [4.78, 5) is 14.7. The highest BCUT2D eigenvalue weighted by molar-refractivity contribution is 5.97. The Kier molecular flexibility index (Phi) is 4.20. The number of likely N-dealkylation sites (tertiary alicyclic amines) is 1. The summed E-state index contributed by atoms with van der Waals surface area (Å²) in [5, 5.41) is 10.9. The first-order chi connectivity index (χ1) is 10.2. The molecule has 0 bridgehead atoms. The molecule has 5 heteroatoms. The van der Waals surface area contributed by atoms with Crippen LogP contribution in [0.5, 0.6) is 0 Å². The normalized spacial score (nSPS) is 17.2. The molecule has 1 aromatic carbocycles. The van der Waals surface area contributed by atoms with E-state index in [1.165, 1.54) is 25.9 Å². The van der Waals surface area contributed by atoms with E-state index < -0.39 is 0 Å². The maximum absolute atomic E-state index is 12.2. The maximum Gasteiger partial charge on any atom is 0.251 e. The molecule has 1 atom stereocenters. The fourth-order valence-electron chi connectivity index (χ4n) is 2.92. The Balaban J connectivity index is 1.53. The van der Waals surface area contributed by atoms with Crippen molar-refractivity contribution in [2.24, 2.45) is 5.92 Å². The van der Waals surface area contributed by atoms with E-state index in [0.29, 0.717) is 11.5 Å². The van der Waals surface area contributed by atoms with Crippen molar-refractivity contribution < 1.29 is 4.79 Å². The van der Waals surface area contributed by atoms with Crippen LogP contribution in [0, 0.1) is 5.92 Å². The second-order valence-electron chi connectivity index (χ2n) is 5.99. The fourth-order valence-corrected chi connectivity index (χ4v) is 2.92. The minimum Gasteiger partial charge on any atom is -0.352 e. The third-order valence-corrected chi connectivity index (χ3v) is 4.08. The molecule has 2 heterocycles. The van der Waals surface area contributed by atoms with Crippen LogP contribution in [-0.4, -0.2) is 47.2 Å². The summed E-state index contributed by atoms with van der Waals surface area (Å²) in [5.74, 6) is 0.461. The van der Waals surface area contributed by atoms with Crippen LogP contribution < -0.4 is 5.32 Å². The van der Waals surface area contributed by atoms with Crippen LogP contribution in [0.3, 0.4) is 0 Å². The molecule has 2 aromatic rings. The van der Waals surface area contributed by atoms with Gasteiger partial charge in [-0.2, -0.15) is 5.10 Å². The zero-order valence-electron chi connectivity index (χ0n) is 12.4. The molecule has 0 spiro atoms. The molecule has 1 aliphatic heterocycles. The molecule has 0 radical (unpaired) electrons. The molecular formula is C16H22N4O. The van der Waals surface area contributed by atoms with E-state index in [0.717, 1.165) is 24.0 Å². The van der Waals surface area contributed by atoms with Gasteiger partial charge in [0.05, 0.1) is 11.7 Å². The number of carbonyl (C=O) groups excluding carboxylic acids is 1. The number of hydrogen-bond acceptors (Lipinski definition) is 3. The summed E-state index contributed by atoms with van der Waals surface area (Å²) in [6.45, 7) is 6.39. The van der Waals surface area contributed by atoms with E-state index in [2.05, 4.69) is 27.3 Å². The van der Waals surface area contributed by atoms with E-state index in [-0.39, 0.29) is 5.91 Å². The molecule has 2 N–H and O–H groups in total.